The van der Waals surface area contributed by atoms with Crippen molar-refractivity contribution >= 4 is 27.6 Å². The molecule has 5 nitrogen and oxygen atoms in total. The number of rotatable bonds is 5. The van der Waals surface area contributed by atoms with Gasteiger partial charge in [-0.15, -0.1) is 6.58 Å². The highest BCUT2D eigenvalue weighted by Gasteiger charge is 2.42. The van der Waals surface area contributed by atoms with Crippen LogP contribution in [-0.4, -0.2) is 45.2 Å². The highest BCUT2D eigenvalue weighted by atomic mass is 16.4. The van der Waals surface area contributed by atoms with E-state index in [-0.39, 0.29) is 6.04 Å². The predicted molar refractivity (Wildman–Crippen MR) is 156 cm³/mol. The Balaban J connectivity index is 0.000000147. The number of aliphatic hydroxyl groups excluding tert-OH is 1. The molecule has 4 heterocycles. The number of aryl methyl sites for hydroxylation is 2. The number of para-hydroxylation sites is 1. The molecule has 2 unspecified atom stereocenters. The molecule has 8 rings (SSSR count). The number of carbonyl (C=O) groups is 1. The number of nitrogens with zero attached hydrogens (tertiary/aromatic N) is 2. The van der Waals surface area contributed by atoms with Gasteiger partial charge in [0.2, 0.25) is 0 Å². The summed E-state index contributed by atoms with van der Waals surface area (Å²) in [5, 5.41) is 23.8. The third kappa shape index (κ3) is 4.64. The lowest BCUT2D eigenvalue weighted by Crippen LogP contribution is -2.54. The maximum Gasteiger partial charge on any atom is 0.310 e. The molecule has 0 saturated carbocycles. The fourth-order valence-electron chi connectivity index (χ4n) is 7.12. The number of benzene rings is 3. The summed E-state index contributed by atoms with van der Waals surface area (Å²) in [6.45, 7) is 7.88. The average molecular weight is 521 g/mol. The molecule has 6 atom stereocenters. The normalized spacial score (nSPS) is 24.7. The number of hydrogen-bond donors (Lipinski definition) is 2. The number of hydrogen-bond acceptors (Lipinski definition) is 4. The molecule has 0 radical (unpaired) electrons. The molecule has 1 aromatic heterocycles. The molecular formula is C34H36N2O3. The van der Waals surface area contributed by atoms with Crippen molar-refractivity contribution in [1.82, 2.24) is 9.88 Å². The summed E-state index contributed by atoms with van der Waals surface area (Å²) in [4.78, 5) is 18.0. The highest BCUT2D eigenvalue weighted by Crippen LogP contribution is 2.42. The van der Waals surface area contributed by atoms with Crippen LogP contribution in [0.25, 0.3) is 21.7 Å². The number of piperidine rings is 3. The molecule has 3 saturated heterocycles. The molecule has 4 aliphatic rings. The van der Waals surface area contributed by atoms with Crippen molar-refractivity contribution in [3.63, 3.8) is 0 Å². The summed E-state index contributed by atoms with van der Waals surface area (Å²) in [7, 11) is 0. The van der Waals surface area contributed by atoms with Gasteiger partial charge in [-0.3, -0.25) is 14.7 Å². The molecule has 39 heavy (non-hydrogen) atoms. The number of aromatic nitrogens is 1. The summed E-state index contributed by atoms with van der Waals surface area (Å²) >= 11 is 0. The highest BCUT2D eigenvalue weighted by molar-refractivity contribution is 5.93. The first kappa shape index (κ1) is 25.7. The van der Waals surface area contributed by atoms with Crippen molar-refractivity contribution in [3.05, 3.63) is 102 Å². The van der Waals surface area contributed by atoms with E-state index in [1.54, 1.807) is 6.92 Å². The third-order valence-corrected chi connectivity index (χ3v) is 9.28. The predicted octanol–water partition coefficient (Wildman–Crippen LogP) is 6.29. The van der Waals surface area contributed by atoms with E-state index in [1.807, 2.05) is 42.6 Å². The summed E-state index contributed by atoms with van der Waals surface area (Å²) in [5.41, 5.74) is 5.55. The number of aliphatic hydroxyl groups is 1. The van der Waals surface area contributed by atoms with E-state index < -0.39 is 18.0 Å². The number of carboxylic acids is 1. The largest absolute Gasteiger partial charge is 0.481 e. The van der Waals surface area contributed by atoms with Crippen LogP contribution in [0, 0.1) is 11.8 Å². The van der Waals surface area contributed by atoms with Gasteiger partial charge in [-0.2, -0.15) is 0 Å². The Morgan fingerprint density at radius 3 is 2.69 bits per heavy atom. The summed E-state index contributed by atoms with van der Waals surface area (Å²) in [6, 6.07) is 20.6. The minimum absolute atomic E-state index is 0.223. The molecule has 1 aliphatic carbocycles. The Kier molecular flexibility index (Phi) is 6.96. The second-order valence-corrected chi connectivity index (χ2v) is 11.3. The molecule has 0 spiro atoms. The van der Waals surface area contributed by atoms with Gasteiger partial charge >= 0.3 is 5.97 Å². The van der Waals surface area contributed by atoms with Crippen LogP contribution < -0.4 is 0 Å². The SMILES string of the molecule is C=C[C@H]1CN2CC[C@H]1C[C@H]2[C@H](O)c1ccnc2ccccc12.CC(C(=O)O)c1ccc2cccc3c2c1CC3. The van der Waals surface area contributed by atoms with E-state index in [1.165, 1.54) is 28.3 Å². The fourth-order valence-corrected chi connectivity index (χ4v) is 7.12. The molecule has 3 fully saturated rings. The number of fused-ring (bicyclic) bond motifs is 4. The van der Waals surface area contributed by atoms with Crippen molar-refractivity contribution < 1.29 is 15.0 Å². The molecule has 0 amide bonds. The molecule has 2 N–H and O–H groups in total. The molecule has 4 aromatic rings. The van der Waals surface area contributed by atoms with Crippen LogP contribution in [0.15, 0.2) is 79.5 Å². The minimum Gasteiger partial charge on any atom is -0.481 e. The zero-order valence-electron chi connectivity index (χ0n) is 22.5. The van der Waals surface area contributed by atoms with Crippen LogP contribution in [0.1, 0.15) is 54.0 Å². The Bertz CT molecular complexity index is 1540. The van der Waals surface area contributed by atoms with Crippen LogP contribution in [0.5, 0.6) is 0 Å². The molecular weight excluding hydrogens is 484 g/mol. The van der Waals surface area contributed by atoms with Gasteiger partial charge in [0, 0.05) is 24.2 Å². The second kappa shape index (κ2) is 10.6. The van der Waals surface area contributed by atoms with Gasteiger partial charge < -0.3 is 10.2 Å². The zero-order chi connectivity index (χ0) is 27.1. The first-order valence-corrected chi connectivity index (χ1v) is 14.1. The Labute approximate surface area is 229 Å². The van der Waals surface area contributed by atoms with Crippen LogP contribution in [0.2, 0.25) is 0 Å². The van der Waals surface area contributed by atoms with Crippen LogP contribution in [0.3, 0.4) is 0 Å². The first-order chi connectivity index (χ1) is 19.0. The Morgan fingerprint density at radius 1 is 1.08 bits per heavy atom. The van der Waals surface area contributed by atoms with Gasteiger partial charge in [-0.1, -0.05) is 54.6 Å². The van der Waals surface area contributed by atoms with E-state index in [0.717, 1.165) is 54.4 Å². The number of pyridine rings is 1. The Morgan fingerprint density at radius 2 is 1.92 bits per heavy atom. The third-order valence-electron chi connectivity index (χ3n) is 9.28. The number of carboxylic acid groups (broad SMARTS) is 1. The van der Waals surface area contributed by atoms with Crippen LogP contribution >= 0.6 is 0 Å². The van der Waals surface area contributed by atoms with Crippen LogP contribution in [-0.2, 0) is 17.6 Å². The molecule has 3 aliphatic heterocycles. The molecule has 3 aromatic carbocycles. The minimum atomic E-state index is -0.745. The smallest absolute Gasteiger partial charge is 0.310 e. The van der Waals surface area contributed by atoms with E-state index >= 15 is 0 Å². The maximum atomic E-state index is 11.1. The quantitative estimate of drug-likeness (QED) is 0.303. The standard InChI is InChI=1S/C19H22N2O.C15H14O2/c1-2-13-12-21-10-8-14(13)11-18(21)19(22)16-7-9-20-17-6-4-3-5-15(16)17;1-9(15(16)17)12-7-5-10-3-2-4-11-6-8-13(12)14(10)11/h2-7,9,13-14,18-19,22H,1,8,10-12H2;2-5,7,9H,6,8H2,1H3,(H,16,17)/t13-,14-,18-,19+;/m0./s1. The molecule has 200 valence electrons. The van der Waals surface area contributed by atoms with Gasteiger partial charge in [0.1, 0.15) is 0 Å². The van der Waals surface area contributed by atoms with E-state index in [0.29, 0.717) is 11.8 Å². The summed E-state index contributed by atoms with van der Waals surface area (Å²) < 4.78 is 0. The van der Waals surface area contributed by atoms with Gasteiger partial charge in [0.15, 0.2) is 0 Å². The first-order valence-electron chi connectivity index (χ1n) is 14.1. The second-order valence-electron chi connectivity index (χ2n) is 11.3. The zero-order valence-corrected chi connectivity index (χ0v) is 22.5. The van der Waals surface area contributed by atoms with Crippen molar-refractivity contribution in [1.29, 1.82) is 0 Å². The van der Waals surface area contributed by atoms with Gasteiger partial charge in [0.05, 0.1) is 17.5 Å². The van der Waals surface area contributed by atoms with E-state index in [4.69, 9.17) is 5.11 Å². The Hall–Kier alpha value is -3.54. The topological polar surface area (TPSA) is 73.7 Å². The van der Waals surface area contributed by atoms with Crippen LogP contribution in [0.4, 0.5) is 0 Å². The summed E-state index contributed by atoms with van der Waals surface area (Å²) in [5.74, 6) is 0.104. The number of aliphatic carboxylic acids is 1. The monoisotopic (exact) mass is 520 g/mol. The molecule has 2 bridgehead atoms. The van der Waals surface area contributed by atoms with Crippen molar-refractivity contribution in [2.24, 2.45) is 11.8 Å². The van der Waals surface area contributed by atoms with Gasteiger partial charge in [-0.25, -0.2) is 0 Å². The maximum absolute atomic E-state index is 11.1. The van der Waals surface area contributed by atoms with E-state index in [9.17, 15) is 9.90 Å². The van der Waals surface area contributed by atoms with Crippen molar-refractivity contribution in [3.8, 4) is 0 Å². The lowest BCUT2D eigenvalue weighted by molar-refractivity contribution is -0.138. The average Bonchev–Trinajstić information content (AvgIpc) is 3.42. The van der Waals surface area contributed by atoms with Crippen molar-refractivity contribution in [2.75, 3.05) is 13.1 Å². The summed E-state index contributed by atoms with van der Waals surface area (Å²) in [6.07, 6.45) is 7.78. The lowest BCUT2D eigenvalue weighted by Gasteiger charge is -2.50. The fraction of sp³-hybridized carbons (Fsp3) is 0.353. The lowest BCUT2D eigenvalue weighted by atomic mass is 9.73. The van der Waals surface area contributed by atoms with Gasteiger partial charge in [0.25, 0.3) is 0 Å². The van der Waals surface area contributed by atoms with E-state index in [2.05, 4.69) is 46.8 Å². The van der Waals surface area contributed by atoms with Crippen molar-refractivity contribution in [2.45, 2.75) is 50.7 Å². The van der Waals surface area contributed by atoms with Gasteiger partial charge in [-0.05, 0) is 96.1 Å². The molecule has 5 heteroatoms.